The average Bonchev–Trinajstić information content (AvgIpc) is 2.39. The third kappa shape index (κ3) is 4.46. The Hall–Kier alpha value is -1.16. The van der Waals surface area contributed by atoms with Crippen LogP contribution in [0.4, 0.5) is 5.82 Å². The van der Waals surface area contributed by atoms with E-state index in [1.165, 1.54) is 25.8 Å². The Kier molecular flexibility index (Phi) is 4.75. The molecular weight excluding hydrogens is 236 g/mol. The van der Waals surface area contributed by atoms with E-state index in [9.17, 15) is 0 Å². The van der Waals surface area contributed by atoms with E-state index in [4.69, 9.17) is 0 Å². The molecule has 0 bridgehead atoms. The highest BCUT2D eigenvalue weighted by atomic mass is 15.2. The zero-order chi connectivity index (χ0) is 13.7. The second-order valence-corrected chi connectivity index (χ2v) is 6.42. The maximum Gasteiger partial charge on any atom is 0.148 e. The van der Waals surface area contributed by atoms with Crippen LogP contribution in [0.15, 0.2) is 12.1 Å². The molecule has 1 fully saturated rings. The van der Waals surface area contributed by atoms with Gasteiger partial charge in [0.25, 0.3) is 0 Å². The topological polar surface area (TPSA) is 49.8 Å². The van der Waals surface area contributed by atoms with Crippen molar-refractivity contribution in [1.29, 1.82) is 0 Å². The molecule has 0 aliphatic carbocycles. The molecule has 4 heteroatoms. The summed E-state index contributed by atoms with van der Waals surface area (Å²) in [5, 5.41) is 15.4. The van der Waals surface area contributed by atoms with Gasteiger partial charge in [0.15, 0.2) is 0 Å². The molecule has 106 valence electrons. The minimum atomic E-state index is 0.0670. The van der Waals surface area contributed by atoms with Crippen LogP contribution in [0, 0.1) is 0 Å². The van der Waals surface area contributed by atoms with Gasteiger partial charge in [-0.05, 0) is 37.9 Å². The molecular formula is C15H26N4. The van der Waals surface area contributed by atoms with Crippen LogP contribution in [0.25, 0.3) is 0 Å². The summed E-state index contributed by atoms with van der Waals surface area (Å²) in [4.78, 5) is 0. The standard InChI is InChI=1S/C15H26N4/c1-15(2,3)13-7-8-14(19-18-13)17-11-9-12-6-4-5-10-16-12/h7-8,12,16H,4-6,9-11H2,1-3H3,(H,17,19). The first-order valence-corrected chi connectivity index (χ1v) is 7.37. The lowest BCUT2D eigenvalue weighted by Gasteiger charge is -2.23. The number of anilines is 1. The average molecular weight is 262 g/mol. The predicted molar refractivity (Wildman–Crippen MR) is 79.5 cm³/mol. The lowest BCUT2D eigenvalue weighted by atomic mass is 9.92. The Morgan fingerprint density at radius 3 is 2.68 bits per heavy atom. The van der Waals surface area contributed by atoms with Gasteiger partial charge < -0.3 is 10.6 Å². The summed E-state index contributed by atoms with van der Waals surface area (Å²) in [6.07, 6.45) is 5.14. The summed E-state index contributed by atoms with van der Waals surface area (Å²) >= 11 is 0. The zero-order valence-corrected chi connectivity index (χ0v) is 12.4. The molecule has 1 unspecified atom stereocenters. The molecule has 1 saturated heterocycles. The summed E-state index contributed by atoms with van der Waals surface area (Å²) in [7, 11) is 0. The fraction of sp³-hybridized carbons (Fsp3) is 0.733. The molecule has 4 nitrogen and oxygen atoms in total. The number of nitrogens with zero attached hydrogens (tertiary/aromatic N) is 2. The Morgan fingerprint density at radius 2 is 2.11 bits per heavy atom. The van der Waals surface area contributed by atoms with Crippen molar-refractivity contribution < 1.29 is 0 Å². The van der Waals surface area contributed by atoms with Gasteiger partial charge in [-0.15, -0.1) is 5.10 Å². The maximum atomic E-state index is 4.29. The molecule has 1 atom stereocenters. The minimum Gasteiger partial charge on any atom is -0.369 e. The number of rotatable bonds is 4. The number of hydrogen-bond acceptors (Lipinski definition) is 4. The van der Waals surface area contributed by atoms with Crippen molar-refractivity contribution in [2.24, 2.45) is 0 Å². The van der Waals surface area contributed by atoms with Crippen LogP contribution in [0.5, 0.6) is 0 Å². The van der Waals surface area contributed by atoms with Gasteiger partial charge in [-0.3, -0.25) is 0 Å². The van der Waals surface area contributed by atoms with Gasteiger partial charge in [0, 0.05) is 18.0 Å². The van der Waals surface area contributed by atoms with Crippen LogP contribution in [0.1, 0.15) is 52.1 Å². The highest BCUT2D eigenvalue weighted by Gasteiger charge is 2.16. The maximum absolute atomic E-state index is 4.29. The molecule has 2 N–H and O–H groups in total. The van der Waals surface area contributed by atoms with Gasteiger partial charge in [0.2, 0.25) is 0 Å². The molecule has 1 aliphatic heterocycles. The molecule has 0 amide bonds. The van der Waals surface area contributed by atoms with Crippen molar-refractivity contribution in [2.75, 3.05) is 18.4 Å². The SMILES string of the molecule is CC(C)(C)c1ccc(NCCC2CCCCN2)nn1. The van der Waals surface area contributed by atoms with Gasteiger partial charge in [-0.1, -0.05) is 27.2 Å². The molecule has 1 aliphatic rings. The van der Waals surface area contributed by atoms with Gasteiger partial charge >= 0.3 is 0 Å². The Labute approximate surface area is 116 Å². The molecule has 0 spiro atoms. The molecule has 1 aromatic heterocycles. The third-order valence-electron chi connectivity index (χ3n) is 3.64. The lowest BCUT2D eigenvalue weighted by Crippen LogP contribution is -2.35. The van der Waals surface area contributed by atoms with Crippen molar-refractivity contribution in [3.05, 3.63) is 17.8 Å². The Bertz CT molecular complexity index is 374. The van der Waals surface area contributed by atoms with Crippen molar-refractivity contribution in [1.82, 2.24) is 15.5 Å². The second-order valence-electron chi connectivity index (χ2n) is 6.42. The van der Waals surface area contributed by atoms with E-state index in [1.807, 2.05) is 6.07 Å². The van der Waals surface area contributed by atoms with Crippen LogP contribution in [-0.4, -0.2) is 29.3 Å². The summed E-state index contributed by atoms with van der Waals surface area (Å²) in [5.74, 6) is 0.879. The van der Waals surface area contributed by atoms with Crippen LogP contribution >= 0.6 is 0 Å². The van der Waals surface area contributed by atoms with E-state index in [1.54, 1.807) is 0 Å². The summed E-state index contributed by atoms with van der Waals surface area (Å²) in [6, 6.07) is 4.76. The van der Waals surface area contributed by atoms with Crippen LogP contribution in [0.3, 0.4) is 0 Å². The van der Waals surface area contributed by atoms with E-state index in [-0.39, 0.29) is 5.41 Å². The zero-order valence-electron chi connectivity index (χ0n) is 12.4. The first-order chi connectivity index (χ1) is 9.05. The minimum absolute atomic E-state index is 0.0670. The van der Waals surface area contributed by atoms with E-state index in [2.05, 4.69) is 47.7 Å². The molecule has 1 aromatic rings. The van der Waals surface area contributed by atoms with Crippen LogP contribution in [-0.2, 0) is 5.41 Å². The van der Waals surface area contributed by atoms with E-state index < -0.39 is 0 Å². The van der Waals surface area contributed by atoms with Crippen LogP contribution in [0.2, 0.25) is 0 Å². The Balaban J connectivity index is 1.76. The first-order valence-electron chi connectivity index (χ1n) is 7.37. The largest absolute Gasteiger partial charge is 0.369 e. The first kappa shape index (κ1) is 14.3. The Morgan fingerprint density at radius 1 is 1.26 bits per heavy atom. The number of hydrogen-bond donors (Lipinski definition) is 2. The van der Waals surface area contributed by atoms with Gasteiger partial charge in [-0.2, -0.15) is 5.10 Å². The quantitative estimate of drug-likeness (QED) is 0.876. The molecule has 2 rings (SSSR count). The fourth-order valence-corrected chi connectivity index (χ4v) is 2.37. The molecule has 2 heterocycles. The number of aromatic nitrogens is 2. The molecule has 0 radical (unpaired) electrons. The van der Waals surface area contributed by atoms with Crippen molar-refractivity contribution >= 4 is 5.82 Å². The van der Waals surface area contributed by atoms with Crippen molar-refractivity contribution in [3.8, 4) is 0 Å². The van der Waals surface area contributed by atoms with Crippen molar-refractivity contribution in [3.63, 3.8) is 0 Å². The summed E-state index contributed by atoms with van der Waals surface area (Å²) < 4.78 is 0. The van der Waals surface area contributed by atoms with E-state index in [0.717, 1.165) is 24.5 Å². The summed E-state index contributed by atoms with van der Waals surface area (Å²) in [5.41, 5.74) is 1.10. The molecule has 19 heavy (non-hydrogen) atoms. The monoisotopic (exact) mass is 262 g/mol. The third-order valence-corrected chi connectivity index (χ3v) is 3.64. The fourth-order valence-electron chi connectivity index (χ4n) is 2.37. The number of nitrogens with one attached hydrogen (secondary N) is 2. The van der Waals surface area contributed by atoms with Gasteiger partial charge in [0.05, 0.1) is 5.69 Å². The second kappa shape index (κ2) is 6.33. The smallest absolute Gasteiger partial charge is 0.148 e. The highest BCUT2D eigenvalue weighted by Crippen LogP contribution is 2.19. The van der Waals surface area contributed by atoms with E-state index in [0.29, 0.717) is 6.04 Å². The highest BCUT2D eigenvalue weighted by molar-refractivity contribution is 5.33. The van der Waals surface area contributed by atoms with E-state index >= 15 is 0 Å². The van der Waals surface area contributed by atoms with Gasteiger partial charge in [0.1, 0.15) is 5.82 Å². The number of piperidine rings is 1. The normalized spacial score (nSPS) is 20.3. The summed E-state index contributed by atoms with van der Waals surface area (Å²) in [6.45, 7) is 8.59. The van der Waals surface area contributed by atoms with Crippen molar-refractivity contribution in [2.45, 2.75) is 57.9 Å². The van der Waals surface area contributed by atoms with Crippen LogP contribution < -0.4 is 10.6 Å². The lowest BCUT2D eigenvalue weighted by molar-refractivity contribution is 0.388. The van der Waals surface area contributed by atoms with Gasteiger partial charge in [-0.25, -0.2) is 0 Å². The molecule has 0 aromatic carbocycles. The molecule has 0 saturated carbocycles. The predicted octanol–water partition coefficient (Wildman–Crippen LogP) is 2.72.